The minimum absolute atomic E-state index is 0.113. The molecule has 0 saturated carbocycles. The second-order valence-corrected chi connectivity index (χ2v) is 9.43. The number of nitrogens with one attached hydrogen (secondary N) is 1. The van der Waals surface area contributed by atoms with Gasteiger partial charge in [-0.1, -0.05) is 23.7 Å². The molecule has 7 nitrogen and oxygen atoms in total. The number of hydrogen-bond acceptors (Lipinski definition) is 7. The van der Waals surface area contributed by atoms with Gasteiger partial charge in [-0.3, -0.25) is 9.69 Å². The third kappa shape index (κ3) is 4.04. The second-order valence-electron chi connectivity index (χ2n) is 8.99. The first-order valence-corrected chi connectivity index (χ1v) is 12.1. The molecule has 1 aromatic heterocycles. The lowest BCUT2D eigenvalue weighted by molar-refractivity contribution is 0.101. The highest BCUT2D eigenvalue weighted by Gasteiger charge is 2.32. The van der Waals surface area contributed by atoms with Crippen LogP contribution in [0.15, 0.2) is 58.2 Å². The van der Waals surface area contributed by atoms with Crippen molar-refractivity contribution in [2.45, 2.75) is 18.8 Å². The summed E-state index contributed by atoms with van der Waals surface area (Å²) in [7, 11) is 1.55. The van der Waals surface area contributed by atoms with Gasteiger partial charge in [0.05, 0.1) is 18.2 Å². The van der Waals surface area contributed by atoms with E-state index >= 15 is 0 Å². The molecule has 1 fully saturated rings. The quantitative estimate of drug-likeness (QED) is 0.549. The van der Waals surface area contributed by atoms with Crippen LogP contribution in [0, 0.1) is 0 Å². The van der Waals surface area contributed by atoms with E-state index in [1.54, 1.807) is 36.3 Å². The Bertz CT molecular complexity index is 1610. The third-order valence-electron chi connectivity index (χ3n) is 6.80. The maximum absolute atomic E-state index is 13.7. The number of allylic oxidation sites excluding steroid dienone is 1. The van der Waals surface area contributed by atoms with E-state index in [0.717, 1.165) is 5.56 Å². The summed E-state index contributed by atoms with van der Waals surface area (Å²) in [4.78, 5) is 21.1. The van der Waals surface area contributed by atoms with Crippen LogP contribution in [0.5, 0.6) is 11.5 Å². The summed E-state index contributed by atoms with van der Waals surface area (Å²) in [5.41, 5.74) is 5.15. The van der Waals surface area contributed by atoms with Gasteiger partial charge in [0.2, 0.25) is 0 Å². The predicted molar refractivity (Wildman–Crippen MR) is 137 cm³/mol. The van der Waals surface area contributed by atoms with Gasteiger partial charge in [-0.25, -0.2) is 5.48 Å². The predicted octanol–water partition coefficient (Wildman–Crippen LogP) is 4.16. The molecule has 3 aliphatic rings. The summed E-state index contributed by atoms with van der Waals surface area (Å²) in [6.07, 6.45) is 4.41. The molecule has 1 aliphatic carbocycles. The highest BCUT2D eigenvalue weighted by molar-refractivity contribution is 6.30. The summed E-state index contributed by atoms with van der Waals surface area (Å²) in [6, 6.07) is 13.0. The van der Waals surface area contributed by atoms with Crippen molar-refractivity contribution in [3.63, 3.8) is 0 Å². The van der Waals surface area contributed by atoms with Gasteiger partial charge in [-0.05, 0) is 67.8 Å². The number of benzene rings is 2. The maximum atomic E-state index is 13.7. The number of Topliss-reactive ketones (excluding diaryl/α,β-unsaturated/α-hetero) is 1. The number of anilines is 1. The molecule has 0 amide bonds. The van der Waals surface area contributed by atoms with E-state index in [-0.39, 0.29) is 28.2 Å². The number of likely N-dealkylation sites (tertiary alicyclic amines) is 1. The first-order chi connectivity index (χ1) is 18.3. The number of aliphatic hydroxyl groups excluding tert-OH is 1. The fourth-order valence-corrected chi connectivity index (χ4v) is 5.08. The lowest BCUT2D eigenvalue weighted by Crippen LogP contribution is -2.37. The lowest BCUT2D eigenvalue weighted by atomic mass is 9.89. The zero-order valence-electron chi connectivity index (χ0n) is 21.5. The fraction of sp³-hybridized carbons (Fsp3) is 0.250. The Morgan fingerprint density at radius 3 is 2.81 bits per heavy atom. The maximum Gasteiger partial charge on any atom is 0.200 e. The zero-order valence-corrected chi connectivity index (χ0v) is 20.3. The largest absolute Gasteiger partial charge is 0.507 e. The van der Waals surface area contributed by atoms with Crippen molar-refractivity contribution in [3.8, 4) is 11.5 Å². The molecule has 3 aromatic rings. The Labute approximate surface area is 215 Å². The van der Waals surface area contributed by atoms with Gasteiger partial charge < -0.3 is 19.1 Å². The Morgan fingerprint density at radius 2 is 2.03 bits per heavy atom. The third-order valence-corrected chi connectivity index (χ3v) is 7.03. The van der Waals surface area contributed by atoms with Crippen molar-refractivity contribution >= 4 is 35.2 Å². The standard InChI is InChI=1S/C28H25ClN2O5/c1-34-20-6-5-18-12-25-27(30-36-23(18)13-20)26-24(35-25)14-22(32)21(28(26)33)15-31-9-7-16(8-10-31)17-3-2-4-19(29)11-17/h2-6,11-14,16,30,32H,7-10,15H2,1H3/i15D2. The molecular weight excluding hydrogens is 480 g/mol. The minimum Gasteiger partial charge on any atom is -0.507 e. The van der Waals surface area contributed by atoms with Crippen molar-refractivity contribution < 1.29 is 26.6 Å². The van der Waals surface area contributed by atoms with Crippen LogP contribution < -0.4 is 25.9 Å². The lowest BCUT2D eigenvalue weighted by Gasteiger charge is -2.32. The number of nitrogens with zero attached hydrogens (tertiary/aromatic N) is 1. The smallest absolute Gasteiger partial charge is 0.200 e. The Morgan fingerprint density at radius 1 is 1.19 bits per heavy atom. The van der Waals surface area contributed by atoms with Crippen molar-refractivity contribution in [1.82, 2.24) is 4.90 Å². The fourth-order valence-electron chi connectivity index (χ4n) is 4.88. The molecule has 184 valence electrons. The van der Waals surface area contributed by atoms with Gasteiger partial charge in [0.25, 0.3) is 0 Å². The Kier molecular flexibility index (Phi) is 5.17. The molecule has 0 unspecified atom stereocenters. The molecule has 6 rings (SSSR count). The second kappa shape index (κ2) is 9.08. The van der Waals surface area contributed by atoms with Crippen LogP contribution in [0.25, 0.3) is 12.2 Å². The van der Waals surface area contributed by atoms with Gasteiger partial charge in [-0.15, -0.1) is 0 Å². The summed E-state index contributed by atoms with van der Waals surface area (Å²) < 4.78 is 29.0. The van der Waals surface area contributed by atoms with Crippen LogP contribution in [0.3, 0.4) is 0 Å². The van der Waals surface area contributed by atoms with Gasteiger partial charge in [0, 0.05) is 32.0 Å². The number of hydrogen-bond donors (Lipinski definition) is 2. The number of halogens is 1. The highest BCUT2D eigenvalue weighted by Crippen LogP contribution is 2.32. The van der Waals surface area contributed by atoms with Crippen LogP contribution >= 0.6 is 11.6 Å². The number of ketones is 1. The van der Waals surface area contributed by atoms with Crippen LogP contribution in [0.1, 0.15) is 43.0 Å². The van der Waals surface area contributed by atoms with Crippen LogP contribution in [-0.4, -0.2) is 42.5 Å². The molecule has 3 heterocycles. The summed E-state index contributed by atoms with van der Waals surface area (Å²) in [5, 5.41) is 11.5. The number of furan rings is 1. The van der Waals surface area contributed by atoms with Crippen molar-refractivity contribution in [1.29, 1.82) is 0 Å². The highest BCUT2D eigenvalue weighted by atomic mass is 35.5. The topological polar surface area (TPSA) is 84.2 Å². The number of methoxy groups -OCH3 is 1. The van der Waals surface area contributed by atoms with E-state index in [2.05, 4.69) is 5.48 Å². The molecule has 2 N–H and O–H groups in total. The average molecular weight is 507 g/mol. The monoisotopic (exact) mass is 506 g/mol. The number of rotatable bonds is 4. The summed E-state index contributed by atoms with van der Waals surface area (Å²) >= 11 is 6.16. The van der Waals surface area contributed by atoms with Crippen LogP contribution in [0.2, 0.25) is 5.02 Å². The molecular formula is C28H25ClN2O5. The Balaban J connectivity index is 1.29. The van der Waals surface area contributed by atoms with Crippen molar-refractivity contribution in [2.24, 2.45) is 0 Å². The van der Waals surface area contributed by atoms with Crippen molar-refractivity contribution in [2.75, 3.05) is 32.2 Å². The average Bonchev–Trinajstić information content (AvgIpc) is 3.14. The number of fused-ring (bicyclic) bond motifs is 4. The van der Waals surface area contributed by atoms with E-state index in [9.17, 15) is 9.90 Å². The van der Waals surface area contributed by atoms with Gasteiger partial charge >= 0.3 is 0 Å². The molecule has 36 heavy (non-hydrogen) atoms. The summed E-state index contributed by atoms with van der Waals surface area (Å²) in [5.74, 6) is 0.226. The van der Waals surface area contributed by atoms with E-state index in [1.165, 1.54) is 6.08 Å². The number of piperidine rings is 1. The molecule has 8 heteroatoms. The molecule has 0 radical (unpaired) electrons. The van der Waals surface area contributed by atoms with Crippen LogP contribution in [0.4, 0.5) is 5.69 Å². The molecule has 0 bridgehead atoms. The number of aliphatic hydroxyl groups is 1. The SMILES string of the molecule is [2H]C([2H])(C1=C(O)C=c2oc3c(c2C1=O)NOc1cc(OC)ccc1C=3)N1CCC(c2cccc(Cl)c2)CC1. The summed E-state index contributed by atoms with van der Waals surface area (Å²) in [6.45, 7) is -1.38. The van der Waals surface area contributed by atoms with E-state index in [0.29, 0.717) is 53.4 Å². The molecule has 2 aliphatic heterocycles. The number of ether oxygens (including phenoxy) is 1. The minimum atomic E-state index is -2.20. The number of carbonyl (C=O) groups excluding carboxylic acids is 1. The first-order valence-electron chi connectivity index (χ1n) is 12.7. The normalized spacial score (nSPS) is 18.8. The van der Waals surface area contributed by atoms with Gasteiger partial charge in [0.1, 0.15) is 22.6 Å². The van der Waals surface area contributed by atoms with Gasteiger partial charge in [0.15, 0.2) is 16.9 Å². The zero-order chi connectivity index (χ0) is 26.6. The van der Waals surface area contributed by atoms with E-state index in [4.69, 9.17) is 28.3 Å². The molecule has 0 spiro atoms. The van der Waals surface area contributed by atoms with E-state index in [1.807, 2.05) is 24.3 Å². The van der Waals surface area contributed by atoms with E-state index < -0.39 is 18.0 Å². The first kappa shape index (κ1) is 20.5. The number of carbonyl (C=O) groups is 1. The molecule has 2 aromatic carbocycles. The Hall–Kier alpha value is -3.68. The van der Waals surface area contributed by atoms with Crippen molar-refractivity contribution in [3.05, 3.63) is 86.3 Å². The molecule has 0 atom stereocenters. The molecule has 1 saturated heterocycles. The van der Waals surface area contributed by atoms with Crippen LogP contribution in [-0.2, 0) is 0 Å². The van der Waals surface area contributed by atoms with Gasteiger partial charge in [-0.2, -0.15) is 0 Å².